The fraction of sp³-hybridized carbons (Fsp3) is 0.588. The third-order valence-corrected chi connectivity index (χ3v) is 4.87. The predicted octanol–water partition coefficient (Wildman–Crippen LogP) is 4.66. The Bertz CT molecular complexity index is 462. The molecule has 1 saturated carbocycles. The second-order valence-electron chi connectivity index (χ2n) is 6.42. The highest BCUT2D eigenvalue weighted by Gasteiger charge is 2.34. The van der Waals surface area contributed by atoms with Gasteiger partial charge in [-0.2, -0.15) is 0 Å². The summed E-state index contributed by atoms with van der Waals surface area (Å²) in [5.74, 6) is 0.507. The van der Waals surface area contributed by atoms with Gasteiger partial charge in [0.05, 0.1) is 5.92 Å². The minimum Gasteiger partial charge on any atom is -0.481 e. The first-order valence-corrected chi connectivity index (χ1v) is 7.81. The summed E-state index contributed by atoms with van der Waals surface area (Å²) in [6, 6.07) is 7.58. The number of carbonyl (C=O) groups is 1. The molecule has 20 heavy (non-hydrogen) atoms. The summed E-state index contributed by atoms with van der Waals surface area (Å²) in [4.78, 5) is 11.7. The standard InChI is InChI=1S/C17H23ClO2/c1-11-7-12(2)9-14(8-11)15(17(19)20)10-13-5-3-4-6-16(13)18/h3-6,11-12,14-15H,7-10H2,1-2H3,(H,19,20). The summed E-state index contributed by atoms with van der Waals surface area (Å²) in [5, 5.41) is 10.3. The minimum atomic E-state index is -0.684. The maximum absolute atomic E-state index is 11.7. The Kier molecular flexibility index (Phi) is 5.09. The van der Waals surface area contributed by atoms with Crippen LogP contribution in [0, 0.1) is 23.7 Å². The quantitative estimate of drug-likeness (QED) is 0.877. The fourth-order valence-electron chi connectivity index (χ4n) is 3.69. The summed E-state index contributed by atoms with van der Waals surface area (Å²) in [6.07, 6.45) is 3.80. The molecule has 0 aliphatic heterocycles. The monoisotopic (exact) mass is 294 g/mol. The highest BCUT2D eigenvalue weighted by atomic mass is 35.5. The first-order chi connectivity index (χ1) is 9.47. The molecule has 1 aromatic carbocycles. The molecule has 0 aromatic heterocycles. The number of benzene rings is 1. The Morgan fingerprint density at radius 3 is 2.40 bits per heavy atom. The van der Waals surface area contributed by atoms with Crippen LogP contribution in [0.2, 0.25) is 5.02 Å². The first kappa shape index (κ1) is 15.4. The molecule has 0 heterocycles. The number of carboxylic acids is 1. The largest absolute Gasteiger partial charge is 0.481 e. The van der Waals surface area contributed by atoms with Crippen LogP contribution < -0.4 is 0 Å². The van der Waals surface area contributed by atoms with Crippen molar-refractivity contribution in [3.8, 4) is 0 Å². The van der Waals surface area contributed by atoms with Crippen molar-refractivity contribution in [3.05, 3.63) is 34.9 Å². The molecule has 1 N–H and O–H groups in total. The zero-order chi connectivity index (χ0) is 14.7. The summed E-state index contributed by atoms with van der Waals surface area (Å²) < 4.78 is 0. The lowest BCUT2D eigenvalue weighted by Gasteiger charge is -2.35. The molecular weight excluding hydrogens is 272 g/mol. The molecule has 110 valence electrons. The van der Waals surface area contributed by atoms with E-state index in [9.17, 15) is 9.90 Å². The number of aliphatic carboxylic acids is 1. The molecule has 1 aliphatic carbocycles. The Balaban J connectivity index is 2.15. The maximum atomic E-state index is 11.7. The molecule has 2 rings (SSSR count). The Morgan fingerprint density at radius 1 is 1.25 bits per heavy atom. The molecule has 1 aliphatic rings. The van der Waals surface area contributed by atoms with Crippen LogP contribution in [-0.4, -0.2) is 11.1 Å². The molecule has 0 saturated heterocycles. The van der Waals surface area contributed by atoms with Crippen molar-refractivity contribution in [2.75, 3.05) is 0 Å². The average molecular weight is 295 g/mol. The molecule has 0 amide bonds. The van der Waals surface area contributed by atoms with E-state index in [0.717, 1.165) is 18.4 Å². The van der Waals surface area contributed by atoms with Gasteiger partial charge in [-0.15, -0.1) is 0 Å². The summed E-state index contributed by atoms with van der Waals surface area (Å²) in [6.45, 7) is 4.47. The number of carboxylic acid groups (broad SMARTS) is 1. The van der Waals surface area contributed by atoms with Gasteiger partial charge in [0.2, 0.25) is 0 Å². The van der Waals surface area contributed by atoms with Crippen molar-refractivity contribution in [1.29, 1.82) is 0 Å². The molecule has 1 aromatic rings. The smallest absolute Gasteiger partial charge is 0.307 e. The Hall–Kier alpha value is -1.02. The predicted molar refractivity (Wildman–Crippen MR) is 82.0 cm³/mol. The summed E-state index contributed by atoms with van der Waals surface area (Å²) in [7, 11) is 0. The third-order valence-electron chi connectivity index (χ3n) is 4.50. The van der Waals surface area contributed by atoms with E-state index in [0.29, 0.717) is 23.3 Å². The maximum Gasteiger partial charge on any atom is 0.307 e. The van der Waals surface area contributed by atoms with E-state index in [1.807, 2.05) is 24.3 Å². The number of hydrogen-bond acceptors (Lipinski definition) is 1. The van der Waals surface area contributed by atoms with Crippen LogP contribution in [0.3, 0.4) is 0 Å². The summed E-state index contributed by atoms with van der Waals surface area (Å²) >= 11 is 6.18. The SMILES string of the molecule is CC1CC(C)CC(C(Cc2ccccc2Cl)C(=O)O)C1. The Labute approximate surface area is 126 Å². The van der Waals surface area contributed by atoms with Crippen LogP contribution in [0.4, 0.5) is 0 Å². The van der Waals surface area contributed by atoms with E-state index in [1.165, 1.54) is 6.42 Å². The van der Waals surface area contributed by atoms with Gasteiger partial charge >= 0.3 is 5.97 Å². The van der Waals surface area contributed by atoms with Gasteiger partial charge in [-0.3, -0.25) is 4.79 Å². The molecule has 3 atom stereocenters. The van der Waals surface area contributed by atoms with Crippen LogP contribution >= 0.6 is 11.6 Å². The van der Waals surface area contributed by atoms with Gasteiger partial charge < -0.3 is 5.11 Å². The first-order valence-electron chi connectivity index (χ1n) is 7.43. The lowest BCUT2D eigenvalue weighted by Crippen LogP contribution is -2.32. The van der Waals surface area contributed by atoms with Gasteiger partial charge in [-0.05, 0) is 55.1 Å². The van der Waals surface area contributed by atoms with Crippen molar-refractivity contribution in [3.63, 3.8) is 0 Å². The van der Waals surface area contributed by atoms with Crippen LogP contribution in [0.15, 0.2) is 24.3 Å². The second kappa shape index (κ2) is 6.62. The van der Waals surface area contributed by atoms with Gasteiger partial charge in [-0.25, -0.2) is 0 Å². The third kappa shape index (κ3) is 3.76. The van der Waals surface area contributed by atoms with Crippen molar-refractivity contribution in [2.24, 2.45) is 23.7 Å². The lowest BCUT2D eigenvalue weighted by molar-refractivity contribution is -0.144. The van der Waals surface area contributed by atoms with E-state index in [-0.39, 0.29) is 11.8 Å². The van der Waals surface area contributed by atoms with Crippen molar-refractivity contribution in [1.82, 2.24) is 0 Å². The Morgan fingerprint density at radius 2 is 1.85 bits per heavy atom. The zero-order valence-electron chi connectivity index (χ0n) is 12.2. The van der Waals surface area contributed by atoms with Crippen LogP contribution in [0.1, 0.15) is 38.7 Å². The molecule has 0 radical (unpaired) electrons. The van der Waals surface area contributed by atoms with E-state index >= 15 is 0 Å². The second-order valence-corrected chi connectivity index (χ2v) is 6.82. The molecule has 2 nitrogen and oxygen atoms in total. The molecule has 3 heteroatoms. The van der Waals surface area contributed by atoms with Gasteiger partial charge in [0.25, 0.3) is 0 Å². The normalized spacial score (nSPS) is 28.1. The number of hydrogen-bond donors (Lipinski definition) is 1. The van der Waals surface area contributed by atoms with Crippen molar-refractivity contribution in [2.45, 2.75) is 39.5 Å². The average Bonchev–Trinajstić information content (AvgIpc) is 2.36. The van der Waals surface area contributed by atoms with Crippen LogP contribution in [0.25, 0.3) is 0 Å². The fourth-order valence-corrected chi connectivity index (χ4v) is 3.91. The van der Waals surface area contributed by atoms with Gasteiger partial charge in [0.1, 0.15) is 0 Å². The minimum absolute atomic E-state index is 0.266. The van der Waals surface area contributed by atoms with Crippen LogP contribution in [-0.2, 0) is 11.2 Å². The number of rotatable bonds is 4. The van der Waals surface area contributed by atoms with Crippen LogP contribution in [0.5, 0.6) is 0 Å². The van der Waals surface area contributed by atoms with Gasteiger partial charge in [-0.1, -0.05) is 43.6 Å². The van der Waals surface area contributed by atoms with E-state index < -0.39 is 5.97 Å². The van der Waals surface area contributed by atoms with Crippen molar-refractivity contribution < 1.29 is 9.90 Å². The molecule has 1 fully saturated rings. The molecule has 0 spiro atoms. The lowest BCUT2D eigenvalue weighted by atomic mass is 9.70. The van der Waals surface area contributed by atoms with Crippen molar-refractivity contribution >= 4 is 17.6 Å². The van der Waals surface area contributed by atoms with E-state index in [4.69, 9.17) is 11.6 Å². The summed E-state index contributed by atoms with van der Waals surface area (Å²) in [5.41, 5.74) is 0.951. The molecule has 0 bridgehead atoms. The topological polar surface area (TPSA) is 37.3 Å². The molecule has 3 unspecified atom stereocenters. The van der Waals surface area contributed by atoms with E-state index in [1.54, 1.807) is 0 Å². The number of halogens is 1. The van der Waals surface area contributed by atoms with Gasteiger partial charge in [0, 0.05) is 5.02 Å². The van der Waals surface area contributed by atoms with E-state index in [2.05, 4.69) is 13.8 Å². The zero-order valence-corrected chi connectivity index (χ0v) is 12.9. The highest BCUT2D eigenvalue weighted by molar-refractivity contribution is 6.31. The highest BCUT2D eigenvalue weighted by Crippen LogP contribution is 2.38. The molecular formula is C17H23ClO2. The van der Waals surface area contributed by atoms with Gasteiger partial charge in [0.15, 0.2) is 0 Å².